The SMILES string of the molecule is CC1(C)CCC(C(N)c2cccc(Cl)c2)CC1. The van der Waals surface area contributed by atoms with Gasteiger partial charge in [-0.05, 0) is 54.7 Å². The van der Waals surface area contributed by atoms with E-state index in [0.29, 0.717) is 11.3 Å². The molecule has 1 saturated carbocycles. The lowest BCUT2D eigenvalue weighted by Crippen LogP contribution is -2.29. The minimum Gasteiger partial charge on any atom is -0.324 e. The van der Waals surface area contributed by atoms with E-state index >= 15 is 0 Å². The van der Waals surface area contributed by atoms with E-state index in [0.717, 1.165) is 5.02 Å². The molecule has 0 aliphatic heterocycles. The lowest BCUT2D eigenvalue weighted by atomic mass is 9.70. The van der Waals surface area contributed by atoms with E-state index in [1.807, 2.05) is 18.2 Å². The summed E-state index contributed by atoms with van der Waals surface area (Å²) in [7, 11) is 0. The molecule has 0 aromatic heterocycles. The highest BCUT2D eigenvalue weighted by Crippen LogP contribution is 2.42. The van der Waals surface area contributed by atoms with Crippen molar-refractivity contribution in [2.24, 2.45) is 17.1 Å². The average Bonchev–Trinajstić information content (AvgIpc) is 2.28. The molecule has 1 aromatic rings. The van der Waals surface area contributed by atoms with E-state index in [9.17, 15) is 0 Å². The molecule has 1 fully saturated rings. The molecule has 0 amide bonds. The van der Waals surface area contributed by atoms with Crippen LogP contribution in [0.3, 0.4) is 0 Å². The van der Waals surface area contributed by atoms with E-state index in [1.54, 1.807) is 0 Å². The Bertz CT molecular complexity index is 376. The van der Waals surface area contributed by atoms with Crippen molar-refractivity contribution < 1.29 is 0 Å². The quantitative estimate of drug-likeness (QED) is 0.820. The molecule has 0 heterocycles. The van der Waals surface area contributed by atoms with Gasteiger partial charge in [-0.25, -0.2) is 0 Å². The van der Waals surface area contributed by atoms with Gasteiger partial charge in [-0.3, -0.25) is 0 Å². The number of halogens is 1. The van der Waals surface area contributed by atoms with Crippen molar-refractivity contribution in [1.82, 2.24) is 0 Å². The third kappa shape index (κ3) is 3.23. The minimum atomic E-state index is 0.143. The molecule has 1 atom stereocenters. The largest absolute Gasteiger partial charge is 0.324 e. The maximum atomic E-state index is 6.37. The van der Waals surface area contributed by atoms with Gasteiger partial charge in [0.2, 0.25) is 0 Å². The fourth-order valence-electron chi connectivity index (χ4n) is 2.77. The van der Waals surface area contributed by atoms with Crippen molar-refractivity contribution in [2.45, 2.75) is 45.6 Å². The summed E-state index contributed by atoms with van der Waals surface area (Å²) in [5.41, 5.74) is 8.06. The molecule has 94 valence electrons. The summed E-state index contributed by atoms with van der Waals surface area (Å²) in [5.74, 6) is 0.612. The summed E-state index contributed by atoms with van der Waals surface area (Å²) in [5, 5.41) is 0.786. The van der Waals surface area contributed by atoms with Gasteiger partial charge in [0.05, 0.1) is 0 Å². The molecule has 0 saturated heterocycles. The maximum Gasteiger partial charge on any atom is 0.0409 e. The van der Waals surface area contributed by atoms with Crippen LogP contribution in [0.5, 0.6) is 0 Å². The lowest BCUT2D eigenvalue weighted by Gasteiger charge is -2.37. The van der Waals surface area contributed by atoms with Crippen molar-refractivity contribution in [2.75, 3.05) is 0 Å². The minimum absolute atomic E-state index is 0.143. The van der Waals surface area contributed by atoms with Crippen LogP contribution in [0.4, 0.5) is 0 Å². The number of hydrogen-bond donors (Lipinski definition) is 1. The second-order valence-electron chi connectivity index (χ2n) is 6.08. The van der Waals surface area contributed by atoms with Crippen LogP contribution in [-0.4, -0.2) is 0 Å². The Morgan fingerprint density at radius 3 is 2.53 bits per heavy atom. The molecule has 0 radical (unpaired) electrons. The molecule has 2 rings (SSSR count). The Labute approximate surface area is 109 Å². The molecule has 2 N–H and O–H groups in total. The summed E-state index contributed by atoms with van der Waals surface area (Å²) in [6.45, 7) is 4.71. The predicted molar refractivity (Wildman–Crippen MR) is 74.1 cm³/mol. The summed E-state index contributed by atoms with van der Waals surface area (Å²) < 4.78 is 0. The van der Waals surface area contributed by atoms with Crippen LogP contribution in [-0.2, 0) is 0 Å². The second kappa shape index (κ2) is 4.99. The van der Waals surface area contributed by atoms with Gasteiger partial charge in [0.1, 0.15) is 0 Å². The van der Waals surface area contributed by atoms with Crippen molar-refractivity contribution in [3.8, 4) is 0 Å². The van der Waals surface area contributed by atoms with Gasteiger partial charge in [-0.1, -0.05) is 37.6 Å². The Hall–Kier alpha value is -0.530. The Balaban J connectivity index is 2.04. The summed E-state index contributed by atoms with van der Waals surface area (Å²) in [6, 6.07) is 8.14. The first-order chi connectivity index (χ1) is 7.98. The Morgan fingerprint density at radius 1 is 1.29 bits per heavy atom. The van der Waals surface area contributed by atoms with Gasteiger partial charge in [0.25, 0.3) is 0 Å². The Kier molecular flexibility index (Phi) is 3.79. The first-order valence-electron chi connectivity index (χ1n) is 6.49. The fourth-order valence-corrected chi connectivity index (χ4v) is 2.97. The molecule has 2 heteroatoms. The molecule has 0 spiro atoms. The van der Waals surface area contributed by atoms with Gasteiger partial charge in [-0.2, -0.15) is 0 Å². The summed E-state index contributed by atoms with van der Waals surface area (Å²) >= 11 is 6.02. The smallest absolute Gasteiger partial charge is 0.0409 e. The molecule has 1 aromatic carbocycles. The van der Waals surface area contributed by atoms with Crippen molar-refractivity contribution in [3.63, 3.8) is 0 Å². The van der Waals surface area contributed by atoms with Crippen LogP contribution in [0.2, 0.25) is 5.02 Å². The average molecular weight is 252 g/mol. The van der Waals surface area contributed by atoms with Gasteiger partial charge in [0.15, 0.2) is 0 Å². The second-order valence-corrected chi connectivity index (χ2v) is 6.52. The van der Waals surface area contributed by atoms with Crippen molar-refractivity contribution >= 4 is 11.6 Å². The normalized spacial score (nSPS) is 22.4. The standard InChI is InChI=1S/C15H22ClN/c1-15(2)8-6-11(7-9-15)14(17)12-4-3-5-13(16)10-12/h3-5,10-11,14H,6-9,17H2,1-2H3. The lowest BCUT2D eigenvalue weighted by molar-refractivity contribution is 0.173. The molecule has 1 aliphatic rings. The third-order valence-corrected chi connectivity index (χ3v) is 4.36. The Morgan fingerprint density at radius 2 is 1.94 bits per heavy atom. The number of benzene rings is 1. The molecule has 1 unspecified atom stereocenters. The van der Waals surface area contributed by atoms with E-state index in [1.165, 1.54) is 31.2 Å². The van der Waals surface area contributed by atoms with Crippen LogP contribution in [0.25, 0.3) is 0 Å². The molecule has 1 nitrogen and oxygen atoms in total. The van der Waals surface area contributed by atoms with Crippen LogP contribution in [0.15, 0.2) is 24.3 Å². The highest BCUT2D eigenvalue weighted by Gasteiger charge is 2.30. The van der Waals surface area contributed by atoms with Crippen molar-refractivity contribution in [3.05, 3.63) is 34.9 Å². The van der Waals surface area contributed by atoms with Crippen LogP contribution < -0.4 is 5.73 Å². The van der Waals surface area contributed by atoms with E-state index < -0.39 is 0 Å². The number of rotatable bonds is 2. The first kappa shape index (κ1) is 12.9. The van der Waals surface area contributed by atoms with Crippen LogP contribution in [0, 0.1) is 11.3 Å². The van der Waals surface area contributed by atoms with Crippen molar-refractivity contribution in [1.29, 1.82) is 0 Å². The molecular weight excluding hydrogens is 230 g/mol. The molecule has 0 bridgehead atoms. The monoisotopic (exact) mass is 251 g/mol. The van der Waals surface area contributed by atoms with Gasteiger partial charge in [0, 0.05) is 11.1 Å². The fraction of sp³-hybridized carbons (Fsp3) is 0.600. The zero-order chi connectivity index (χ0) is 12.5. The predicted octanol–water partition coefficient (Wildman–Crippen LogP) is 4.56. The first-order valence-corrected chi connectivity index (χ1v) is 6.87. The third-order valence-electron chi connectivity index (χ3n) is 4.13. The van der Waals surface area contributed by atoms with E-state index in [-0.39, 0.29) is 6.04 Å². The van der Waals surface area contributed by atoms with E-state index in [2.05, 4.69) is 19.9 Å². The summed E-state index contributed by atoms with van der Waals surface area (Å²) in [4.78, 5) is 0. The summed E-state index contributed by atoms with van der Waals surface area (Å²) in [6.07, 6.45) is 5.04. The maximum absolute atomic E-state index is 6.37. The number of nitrogens with two attached hydrogens (primary N) is 1. The highest BCUT2D eigenvalue weighted by atomic mass is 35.5. The van der Waals surface area contributed by atoms with Gasteiger partial charge in [-0.15, -0.1) is 0 Å². The zero-order valence-corrected chi connectivity index (χ0v) is 11.5. The number of hydrogen-bond acceptors (Lipinski definition) is 1. The molecular formula is C15H22ClN. The molecule has 1 aliphatic carbocycles. The topological polar surface area (TPSA) is 26.0 Å². The van der Waals surface area contributed by atoms with Crippen LogP contribution in [0.1, 0.15) is 51.1 Å². The highest BCUT2D eigenvalue weighted by molar-refractivity contribution is 6.30. The van der Waals surface area contributed by atoms with Gasteiger partial charge >= 0.3 is 0 Å². The van der Waals surface area contributed by atoms with Gasteiger partial charge < -0.3 is 5.73 Å². The van der Waals surface area contributed by atoms with Crippen LogP contribution >= 0.6 is 11.6 Å². The zero-order valence-electron chi connectivity index (χ0n) is 10.7. The van der Waals surface area contributed by atoms with E-state index in [4.69, 9.17) is 17.3 Å². The molecule has 17 heavy (non-hydrogen) atoms.